The van der Waals surface area contributed by atoms with Gasteiger partial charge in [-0.2, -0.15) is 0 Å². The molecule has 0 spiro atoms. The molecule has 4 rings (SSSR count). The minimum atomic E-state index is 0.0367. The number of hydrogen-bond acceptors (Lipinski definition) is 4. The molecule has 0 radical (unpaired) electrons. The van der Waals surface area contributed by atoms with Gasteiger partial charge in [0.05, 0.1) is 12.0 Å². The molecule has 0 bridgehead atoms. The molecule has 0 aliphatic carbocycles. The number of hydrogen-bond donors (Lipinski definition) is 0. The number of benzene rings is 1. The number of fused-ring (bicyclic) bond motifs is 1. The Bertz CT molecular complexity index is 819. The Kier molecular flexibility index (Phi) is 3.86. The van der Waals surface area contributed by atoms with Crippen LogP contribution in [0.25, 0.3) is 23.3 Å². The molecule has 1 saturated heterocycles. The maximum atomic E-state index is 5.84. The summed E-state index contributed by atoms with van der Waals surface area (Å²) in [6.07, 6.45) is 10.8. The van der Waals surface area contributed by atoms with Crippen LogP contribution >= 0.6 is 0 Å². The Morgan fingerprint density at radius 1 is 1.04 bits per heavy atom. The van der Waals surface area contributed by atoms with Crippen molar-refractivity contribution >= 4 is 23.3 Å². The first-order valence-corrected chi connectivity index (χ1v) is 7.94. The zero-order chi connectivity index (χ0) is 15.5. The number of imidazole rings is 1. The van der Waals surface area contributed by atoms with E-state index in [0.29, 0.717) is 0 Å². The Labute approximate surface area is 134 Å². The highest BCUT2D eigenvalue weighted by atomic mass is 16.5. The molecule has 0 amide bonds. The lowest BCUT2D eigenvalue weighted by Gasteiger charge is -2.23. The van der Waals surface area contributed by atoms with Crippen LogP contribution in [-0.4, -0.2) is 26.1 Å². The van der Waals surface area contributed by atoms with Gasteiger partial charge in [-0.15, -0.1) is 0 Å². The standard InChI is InChI=1S/C18H18N4O/c1-2-6-14(7-3-1)9-10-15-17-18(20-12-19-15)22(13-21-17)16-8-4-5-11-23-16/h1-3,6-7,9-10,12-13,16H,4-5,8,11H2/b10-9+. The Balaban J connectivity index is 1.68. The largest absolute Gasteiger partial charge is 0.358 e. The van der Waals surface area contributed by atoms with Crippen LogP contribution in [0.2, 0.25) is 0 Å². The van der Waals surface area contributed by atoms with Gasteiger partial charge < -0.3 is 4.74 Å². The first-order valence-electron chi connectivity index (χ1n) is 7.94. The molecule has 1 aliphatic heterocycles. The predicted molar refractivity (Wildman–Crippen MR) is 89.5 cm³/mol. The van der Waals surface area contributed by atoms with Gasteiger partial charge >= 0.3 is 0 Å². The van der Waals surface area contributed by atoms with Gasteiger partial charge in [0.25, 0.3) is 0 Å². The van der Waals surface area contributed by atoms with Crippen LogP contribution in [0.15, 0.2) is 43.0 Å². The van der Waals surface area contributed by atoms with Crippen LogP contribution in [0.1, 0.15) is 36.7 Å². The second-order valence-electron chi connectivity index (χ2n) is 5.65. The van der Waals surface area contributed by atoms with Gasteiger partial charge in [-0.25, -0.2) is 15.0 Å². The maximum Gasteiger partial charge on any atom is 0.165 e. The first kappa shape index (κ1) is 14.1. The van der Waals surface area contributed by atoms with Crippen molar-refractivity contribution in [3.05, 3.63) is 54.2 Å². The van der Waals surface area contributed by atoms with Crippen LogP contribution in [-0.2, 0) is 4.74 Å². The molecule has 2 aromatic heterocycles. The number of ether oxygens (including phenoxy) is 1. The van der Waals surface area contributed by atoms with Crippen molar-refractivity contribution in [1.29, 1.82) is 0 Å². The lowest BCUT2D eigenvalue weighted by Crippen LogP contribution is -2.17. The van der Waals surface area contributed by atoms with E-state index in [-0.39, 0.29) is 6.23 Å². The summed E-state index contributed by atoms with van der Waals surface area (Å²) in [5.74, 6) is 0. The summed E-state index contributed by atoms with van der Waals surface area (Å²) in [4.78, 5) is 13.3. The SMILES string of the molecule is C(=C\c1ncnc2c1ncn2C1CCCCO1)/c1ccccc1. The average molecular weight is 306 g/mol. The molecule has 116 valence electrons. The van der Waals surface area contributed by atoms with Gasteiger partial charge in [-0.3, -0.25) is 4.57 Å². The smallest absolute Gasteiger partial charge is 0.165 e. The van der Waals surface area contributed by atoms with Gasteiger partial charge in [0.15, 0.2) is 5.65 Å². The molecule has 1 atom stereocenters. The summed E-state index contributed by atoms with van der Waals surface area (Å²) in [5, 5.41) is 0. The number of rotatable bonds is 3. The highest BCUT2D eigenvalue weighted by Gasteiger charge is 2.19. The quantitative estimate of drug-likeness (QED) is 0.740. The van der Waals surface area contributed by atoms with E-state index in [2.05, 4.69) is 27.1 Å². The second kappa shape index (κ2) is 6.30. The topological polar surface area (TPSA) is 52.8 Å². The van der Waals surface area contributed by atoms with E-state index in [1.54, 1.807) is 6.33 Å². The molecule has 23 heavy (non-hydrogen) atoms. The predicted octanol–water partition coefficient (Wildman–Crippen LogP) is 3.70. The van der Waals surface area contributed by atoms with Gasteiger partial charge in [-0.05, 0) is 30.9 Å². The minimum absolute atomic E-state index is 0.0367. The normalized spacial score (nSPS) is 18.7. The molecule has 3 heterocycles. The van der Waals surface area contributed by atoms with Gasteiger partial charge in [0, 0.05) is 6.61 Å². The number of nitrogens with zero attached hydrogens (tertiary/aromatic N) is 4. The highest BCUT2D eigenvalue weighted by Crippen LogP contribution is 2.26. The van der Waals surface area contributed by atoms with Crippen molar-refractivity contribution in [1.82, 2.24) is 19.5 Å². The summed E-state index contributed by atoms with van der Waals surface area (Å²) >= 11 is 0. The molecule has 5 heteroatoms. The van der Waals surface area contributed by atoms with Crippen molar-refractivity contribution in [2.75, 3.05) is 6.61 Å². The fraction of sp³-hybridized carbons (Fsp3) is 0.278. The summed E-state index contributed by atoms with van der Waals surface area (Å²) in [6, 6.07) is 10.2. The Hall–Kier alpha value is -2.53. The van der Waals surface area contributed by atoms with E-state index in [1.807, 2.05) is 41.2 Å². The molecule has 0 N–H and O–H groups in total. The van der Waals surface area contributed by atoms with Gasteiger partial charge in [0.1, 0.15) is 18.1 Å². The fourth-order valence-electron chi connectivity index (χ4n) is 2.89. The zero-order valence-electron chi connectivity index (χ0n) is 12.8. The summed E-state index contributed by atoms with van der Waals surface area (Å²) in [5.41, 5.74) is 3.61. The third-order valence-corrected chi connectivity index (χ3v) is 4.09. The van der Waals surface area contributed by atoms with Crippen LogP contribution in [0.5, 0.6) is 0 Å². The van der Waals surface area contributed by atoms with Crippen molar-refractivity contribution in [2.24, 2.45) is 0 Å². The maximum absolute atomic E-state index is 5.84. The molecule has 5 nitrogen and oxygen atoms in total. The Morgan fingerprint density at radius 2 is 1.96 bits per heavy atom. The third kappa shape index (κ3) is 2.87. The first-order chi connectivity index (χ1) is 11.4. The molecule has 3 aromatic rings. The second-order valence-corrected chi connectivity index (χ2v) is 5.65. The zero-order valence-corrected chi connectivity index (χ0v) is 12.8. The monoisotopic (exact) mass is 306 g/mol. The molecular formula is C18H18N4O. The van der Waals surface area contributed by atoms with Gasteiger partial charge in [-0.1, -0.05) is 36.4 Å². The van der Waals surface area contributed by atoms with E-state index in [9.17, 15) is 0 Å². The van der Waals surface area contributed by atoms with Crippen molar-refractivity contribution in [3.63, 3.8) is 0 Å². The molecular weight excluding hydrogens is 288 g/mol. The molecule has 0 saturated carbocycles. The molecule has 1 fully saturated rings. The lowest BCUT2D eigenvalue weighted by molar-refractivity contribution is -0.0298. The van der Waals surface area contributed by atoms with E-state index in [1.165, 1.54) is 6.42 Å². The van der Waals surface area contributed by atoms with Crippen LogP contribution in [0.4, 0.5) is 0 Å². The van der Waals surface area contributed by atoms with Crippen LogP contribution < -0.4 is 0 Å². The van der Waals surface area contributed by atoms with E-state index < -0.39 is 0 Å². The summed E-state index contributed by atoms with van der Waals surface area (Å²) in [6.45, 7) is 0.802. The van der Waals surface area contributed by atoms with Crippen molar-refractivity contribution in [2.45, 2.75) is 25.5 Å². The fourth-order valence-corrected chi connectivity index (χ4v) is 2.89. The van der Waals surface area contributed by atoms with Crippen molar-refractivity contribution < 1.29 is 4.74 Å². The lowest BCUT2D eigenvalue weighted by atomic mass is 10.2. The Morgan fingerprint density at radius 3 is 2.78 bits per heavy atom. The van der Waals surface area contributed by atoms with E-state index in [4.69, 9.17) is 4.74 Å². The van der Waals surface area contributed by atoms with Gasteiger partial charge in [0.2, 0.25) is 0 Å². The van der Waals surface area contributed by atoms with E-state index in [0.717, 1.165) is 41.9 Å². The summed E-state index contributed by atoms with van der Waals surface area (Å²) in [7, 11) is 0. The van der Waals surface area contributed by atoms with Crippen molar-refractivity contribution in [3.8, 4) is 0 Å². The molecule has 1 unspecified atom stereocenters. The third-order valence-electron chi connectivity index (χ3n) is 4.09. The minimum Gasteiger partial charge on any atom is -0.358 e. The van der Waals surface area contributed by atoms with Crippen LogP contribution in [0, 0.1) is 0 Å². The molecule has 1 aromatic carbocycles. The van der Waals surface area contributed by atoms with E-state index >= 15 is 0 Å². The average Bonchev–Trinajstić information content (AvgIpc) is 3.06. The molecule has 1 aliphatic rings. The number of aromatic nitrogens is 4. The van der Waals surface area contributed by atoms with Crippen LogP contribution in [0.3, 0.4) is 0 Å². The summed E-state index contributed by atoms with van der Waals surface area (Å²) < 4.78 is 7.87. The highest BCUT2D eigenvalue weighted by molar-refractivity contribution is 5.83.